The number of hydrogen-bond acceptors (Lipinski definition) is 4. The van der Waals surface area contributed by atoms with Gasteiger partial charge in [0.1, 0.15) is 9.84 Å². The van der Waals surface area contributed by atoms with Crippen LogP contribution in [0.5, 0.6) is 0 Å². The summed E-state index contributed by atoms with van der Waals surface area (Å²) >= 11 is 0. The monoisotopic (exact) mass is 249 g/mol. The van der Waals surface area contributed by atoms with Crippen LogP contribution in [-0.2, 0) is 9.84 Å². The number of aliphatic hydroxyl groups is 1. The molecule has 0 aromatic carbocycles. The largest absolute Gasteiger partial charge is 0.389 e. The molecule has 0 saturated carbocycles. The number of rotatable bonds is 4. The Morgan fingerprint density at radius 3 is 2.31 bits per heavy atom. The molecular weight excluding hydrogens is 226 g/mol. The van der Waals surface area contributed by atoms with Crippen LogP contribution >= 0.6 is 0 Å². The first-order valence-electron chi connectivity index (χ1n) is 5.89. The number of hydrogen-bond donors (Lipinski definition) is 2. The molecule has 1 fully saturated rings. The van der Waals surface area contributed by atoms with E-state index >= 15 is 0 Å². The summed E-state index contributed by atoms with van der Waals surface area (Å²) in [5, 5.41) is 13.3. The van der Waals surface area contributed by atoms with Crippen molar-refractivity contribution in [2.24, 2.45) is 5.92 Å². The normalized spacial score (nSPS) is 25.6. The standard InChI is InChI=1S/C11H23NO3S/c1-9(2)11(3,13)8-12-10-4-6-16(14,15)7-5-10/h9-10,12-13H,4-8H2,1-3H3. The lowest BCUT2D eigenvalue weighted by Gasteiger charge is -2.31. The zero-order valence-electron chi connectivity index (χ0n) is 10.4. The van der Waals surface area contributed by atoms with E-state index in [9.17, 15) is 13.5 Å². The predicted octanol–water partition coefficient (Wildman–Crippen LogP) is 0.560. The molecule has 0 bridgehead atoms. The van der Waals surface area contributed by atoms with Crippen molar-refractivity contribution in [1.29, 1.82) is 0 Å². The van der Waals surface area contributed by atoms with E-state index in [2.05, 4.69) is 5.32 Å². The van der Waals surface area contributed by atoms with Gasteiger partial charge in [0.05, 0.1) is 17.1 Å². The van der Waals surface area contributed by atoms with Gasteiger partial charge in [0, 0.05) is 12.6 Å². The summed E-state index contributed by atoms with van der Waals surface area (Å²) in [7, 11) is -2.79. The van der Waals surface area contributed by atoms with Crippen LogP contribution in [0.25, 0.3) is 0 Å². The van der Waals surface area contributed by atoms with Crippen molar-refractivity contribution in [3.8, 4) is 0 Å². The first kappa shape index (κ1) is 13.9. The van der Waals surface area contributed by atoms with Gasteiger partial charge in [0.15, 0.2) is 0 Å². The summed E-state index contributed by atoms with van der Waals surface area (Å²) in [4.78, 5) is 0. The van der Waals surface area contributed by atoms with Gasteiger partial charge in [-0.2, -0.15) is 0 Å². The maximum Gasteiger partial charge on any atom is 0.150 e. The minimum atomic E-state index is -2.79. The summed E-state index contributed by atoms with van der Waals surface area (Å²) in [6.45, 7) is 6.29. The smallest absolute Gasteiger partial charge is 0.150 e. The Kier molecular flexibility index (Phi) is 4.37. The highest BCUT2D eigenvalue weighted by Gasteiger charge is 2.28. The second-order valence-electron chi connectivity index (χ2n) is 5.32. The molecule has 1 aliphatic rings. The third-order valence-corrected chi connectivity index (χ3v) is 5.26. The fourth-order valence-corrected chi connectivity index (χ4v) is 3.14. The fourth-order valence-electron chi connectivity index (χ4n) is 1.65. The topological polar surface area (TPSA) is 66.4 Å². The Morgan fingerprint density at radius 1 is 1.38 bits per heavy atom. The Balaban J connectivity index is 2.36. The van der Waals surface area contributed by atoms with E-state index in [4.69, 9.17) is 0 Å². The Labute approximate surface area is 98.4 Å². The summed E-state index contributed by atoms with van der Waals surface area (Å²) < 4.78 is 22.5. The summed E-state index contributed by atoms with van der Waals surface area (Å²) in [6, 6.07) is 0.230. The summed E-state index contributed by atoms with van der Waals surface area (Å²) in [5.41, 5.74) is -0.726. The lowest BCUT2D eigenvalue weighted by atomic mass is 9.92. The highest BCUT2D eigenvalue weighted by atomic mass is 32.2. The molecule has 16 heavy (non-hydrogen) atoms. The molecule has 0 aliphatic carbocycles. The summed E-state index contributed by atoms with van der Waals surface area (Å²) in [5.74, 6) is 0.732. The van der Waals surface area contributed by atoms with Gasteiger partial charge in [0.2, 0.25) is 0 Å². The lowest BCUT2D eigenvalue weighted by molar-refractivity contribution is 0.0115. The molecule has 1 atom stereocenters. The molecule has 1 aliphatic heterocycles. The molecule has 2 N–H and O–H groups in total. The molecule has 5 heteroatoms. The first-order chi connectivity index (χ1) is 7.23. The van der Waals surface area contributed by atoms with Crippen LogP contribution < -0.4 is 5.32 Å². The fraction of sp³-hybridized carbons (Fsp3) is 1.00. The number of nitrogens with one attached hydrogen (secondary N) is 1. The molecule has 0 radical (unpaired) electrons. The third-order valence-electron chi connectivity index (χ3n) is 3.55. The van der Waals surface area contributed by atoms with Crippen LogP contribution in [0.2, 0.25) is 0 Å². The highest BCUT2D eigenvalue weighted by Crippen LogP contribution is 2.17. The van der Waals surface area contributed by atoms with Crippen molar-refractivity contribution in [2.45, 2.75) is 45.3 Å². The second kappa shape index (κ2) is 5.02. The zero-order chi connectivity index (χ0) is 12.4. The maximum atomic E-state index is 11.2. The van der Waals surface area contributed by atoms with Crippen molar-refractivity contribution in [2.75, 3.05) is 18.1 Å². The van der Waals surface area contributed by atoms with E-state index in [1.807, 2.05) is 20.8 Å². The van der Waals surface area contributed by atoms with Crippen molar-refractivity contribution >= 4 is 9.84 Å². The molecule has 0 spiro atoms. The van der Waals surface area contributed by atoms with Crippen LogP contribution in [0, 0.1) is 5.92 Å². The molecule has 0 amide bonds. The lowest BCUT2D eigenvalue weighted by Crippen LogP contribution is -2.47. The van der Waals surface area contributed by atoms with Gasteiger partial charge in [-0.1, -0.05) is 13.8 Å². The van der Waals surface area contributed by atoms with E-state index in [1.54, 1.807) is 0 Å². The molecule has 1 saturated heterocycles. The van der Waals surface area contributed by atoms with Gasteiger partial charge in [-0.3, -0.25) is 0 Å². The first-order valence-corrected chi connectivity index (χ1v) is 7.71. The minimum absolute atomic E-state index is 0.187. The van der Waals surface area contributed by atoms with E-state index in [0.717, 1.165) is 0 Å². The number of sulfone groups is 1. The second-order valence-corrected chi connectivity index (χ2v) is 7.62. The van der Waals surface area contributed by atoms with Crippen LogP contribution in [-0.4, -0.2) is 43.2 Å². The van der Waals surface area contributed by atoms with E-state index in [0.29, 0.717) is 19.4 Å². The van der Waals surface area contributed by atoms with Crippen molar-refractivity contribution < 1.29 is 13.5 Å². The van der Waals surface area contributed by atoms with Gasteiger partial charge >= 0.3 is 0 Å². The Morgan fingerprint density at radius 2 is 1.88 bits per heavy atom. The van der Waals surface area contributed by atoms with Gasteiger partial charge < -0.3 is 10.4 Å². The van der Waals surface area contributed by atoms with E-state index in [-0.39, 0.29) is 23.5 Å². The van der Waals surface area contributed by atoms with Crippen LogP contribution in [0.3, 0.4) is 0 Å². The molecule has 96 valence electrons. The van der Waals surface area contributed by atoms with Gasteiger partial charge in [-0.25, -0.2) is 8.42 Å². The molecule has 0 aromatic rings. The summed E-state index contributed by atoms with van der Waals surface area (Å²) in [6.07, 6.45) is 1.33. The van der Waals surface area contributed by atoms with Crippen LogP contribution in [0.15, 0.2) is 0 Å². The molecule has 1 heterocycles. The molecule has 0 aromatic heterocycles. The van der Waals surface area contributed by atoms with Gasteiger partial charge in [-0.15, -0.1) is 0 Å². The van der Waals surface area contributed by atoms with Crippen molar-refractivity contribution in [3.05, 3.63) is 0 Å². The quantitative estimate of drug-likeness (QED) is 0.764. The average Bonchev–Trinajstić information content (AvgIpc) is 2.16. The van der Waals surface area contributed by atoms with Crippen molar-refractivity contribution in [3.63, 3.8) is 0 Å². The van der Waals surface area contributed by atoms with Gasteiger partial charge in [-0.05, 0) is 25.7 Å². The average molecular weight is 249 g/mol. The van der Waals surface area contributed by atoms with Crippen LogP contribution in [0.4, 0.5) is 0 Å². The molecule has 1 rings (SSSR count). The van der Waals surface area contributed by atoms with E-state index in [1.165, 1.54) is 0 Å². The highest BCUT2D eigenvalue weighted by molar-refractivity contribution is 7.91. The minimum Gasteiger partial charge on any atom is -0.389 e. The molecule has 4 nitrogen and oxygen atoms in total. The predicted molar refractivity (Wildman–Crippen MR) is 65.1 cm³/mol. The van der Waals surface area contributed by atoms with E-state index < -0.39 is 15.4 Å². The SMILES string of the molecule is CC(C)C(C)(O)CNC1CCS(=O)(=O)CC1. The van der Waals surface area contributed by atoms with Crippen LogP contribution in [0.1, 0.15) is 33.6 Å². The Hall–Kier alpha value is -0.130. The third kappa shape index (κ3) is 4.03. The maximum absolute atomic E-state index is 11.2. The molecular formula is C11H23NO3S. The molecule has 1 unspecified atom stereocenters. The van der Waals surface area contributed by atoms with Crippen molar-refractivity contribution in [1.82, 2.24) is 5.32 Å². The zero-order valence-corrected chi connectivity index (χ0v) is 11.2. The Bertz CT molecular complexity index is 308. The van der Waals surface area contributed by atoms with Gasteiger partial charge in [0.25, 0.3) is 0 Å².